The molecule has 18 heavy (non-hydrogen) atoms. The molecule has 2 N–H and O–H groups in total. The average molecular weight is 268 g/mol. The van der Waals surface area contributed by atoms with Crippen molar-refractivity contribution in [1.82, 2.24) is 4.57 Å². The van der Waals surface area contributed by atoms with Gasteiger partial charge in [-0.3, -0.25) is 0 Å². The Balaban J connectivity index is 2.53. The molecule has 1 aromatic heterocycles. The third-order valence-corrected chi connectivity index (χ3v) is 3.60. The van der Waals surface area contributed by atoms with Crippen molar-refractivity contribution in [2.75, 3.05) is 13.2 Å². The van der Waals surface area contributed by atoms with Gasteiger partial charge in [-0.05, 0) is 43.0 Å². The molecule has 98 valence electrons. The summed E-state index contributed by atoms with van der Waals surface area (Å²) in [4.78, 5) is 0. The van der Waals surface area contributed by atoms with Crippen LogP contribution in [0.5, 0.6) is 0 Å². The van der Waals surface area contributed by atoms with Gasteiger partial charge in [0.2, 0.25) is 0 Å². The zero-order valence-electron chi connectivity index (χ0n) is 10.5. The van der Waals surface area contributed by atoms with Gasteiger partial charge in [-0.2, -0.15) is 0 Å². The molecule has 0 atom stereocenters. The molecule has 0 aliphatic carbocycles. The van der Waals surface area contributed by atoms with Crippen LogP contribution in [-0.4, -0.2) is 28.0 Å². The Kier molecular flexibility index (Phi) is 4.27. The molecule has 0 amide bonds. The normalized spacial score (nSPS) is 11.3. The number of hydrogen-bond acceptors (Lipinski definition) is 2. The fourth-order valence-electron chi connectivity index (χ4n) is 2.25. The predicted molar refractivity (Wildman–Crippen MR) is 74.2 cm³/mol. The lowest BCUT2D eigenvalue weighted by Gasteiger charge is -2.04. The van der Waals surface area contributed by atoms with E-state index in [1.165, 1.54) is 10.9 Å². The van der Waals surface area contributed by atoms with E-state index in [9.17, 15) is 0 Å². The van der Waals surface area contributed by atoms with Gasteiger partial charge in [-0.25, -0.2) is 0 Å². The molecule has 0 saturated carbocycles. The highest BCUT2D eigenvalue weighted by Crippen LogP contribution is 2.28. The van der Waals surface area contributed by atoms with Crippen LogP contribution in [0.15, 0.2) is 18.3 Å². The molecule has 0 aliphatic heterocycles. The second-order valence-electron chi connectivity index (χ2n) is 4.52. The van der Waals surface area contributed by atoms with Crippen LogP contribution in [0.1, 0.15) is 17.5 Å². The summed E-state index contributed by atoms with van der Waals surface area (Å²) in [6.45, 7) is 2.85. The molecule has 0 spiro atoms. The molecule has 0 fully saturated rings. The largest absolute Gasteiger partial charge is 0.396 e. The minimum Gasteiger partial charge on any atom is -0.396 e. The second-order valence-corrected chi connectivity index (χ2v) is 4.92. The van der Waals surface area contributed by atoms with E-state index in [2.05, 4.69) is 6.07 Å². The van der Waals surface area contributed by atoms with Crippen LogP contribution in [0, 0.1) is 6.92 Å². The topological polar surface area (TPSA) is 45.4 Å². The number of aliphatic hydroxyl groups is 2. The first kappa shape index (κ1) is 13.4. The first-order chi connectivity index (χ1) is 8.67. The summed E-state index contributed by atoms with van der Waals surface area (Å²) in [5.41, 5.74) is 3.30. The zero-order valence-corrected chi connectivity index (χ0v) is 11.2. The number of benzene rings is 1. The summed E-state index contributed by atoms with van der Waals surface area (Å²) in [5.74, 6) is 0. The molecular formula is C14H18ClNO2. The summed E-state index contributed by atoms with van der Waals surface area (Å²) >= 11 is 6.16. The van der Waals surface area contributed by atoms with Crippen LogP contribution in [0.2, 0.25) is 5.02 Å². The number of rotatable bonds is 5. The van der Waals surface area contributed by atoms with Crippen molar-refractivity contribution in [2.45, 2.75) is 26.3 Å². The highest BCUT2D eigenvalue weighted by Gasteiger charge is 2.10. The molecule has 0 saturated heterocycles. The first-order valence-corrected chi connectivity index (χ1v) is 6.54. The lowest BCUT2D eigenvalue weighted by Crippen LogP contribution is -2.00. The number of aliphatic hydroxyl groups excluding tert-OH is 2. The Morgan fingerprint density at radius 3 is 2.67 bits per heavy atom. The van der Waals surface area contributed by atoms with E-state index in [1.807, 2.05) is 23.8 Å². The summed E-state index contributed by atoms with van der Waals surface area (Å²) < 4.78 is 2.02. The summed E-state index contributed by atoms with van der Waals surface area (Å²) in [7, 11) is 0. The highest BCUT2D eigenvalue weighted by molar-refractivity contribution is 6.32. The molecule has 1 aromatic carbocycles. The third-order valence-electron chi connectivity index (χ3n) is 3.19. The van der Waals surface area contributed by atoms with Crippen LogP contribution in [0.4, 0.5) is 0 Å². The van der Waals surface area contributed by atoms with E-state index in [4.69, 9.17) is 21.8 Å². The van der Waals surface area contributed by atoms with E-state index in [0.717, 1.165) is 28.9 Å². The van der Waals surface area contributed by atoms with E-state index >= 15 is 0 Å². The smallest absolute Gasteiger partial charge is 0.0610 e. The number of halogens is 1. The third kappa shape index (κ3) is 2.53. The minimum absolute atomic E-state index is 0.106. The van der Waals surface area contributed by atoms with Gasteiger partial charge in [0.15, 0.2) is 0 Å². The fourth-order valence-corrected chi connectivity index (χ4v) is 2.41. The maximum Gasteiger partial charge on any atom is 0.0610 e. The summed E-state index contributed by atoms with van der Waals surface area (Å²) in [6.07, 6.45) is 3.64. The van der Waals surface area contributed by atoms with Crippen LogP contribution in [-0.2, 0) is 13.0 Å². The Labute approximate surface area is 112 Å². The van der Waals surface area contributed by atoms with E-state index in [0.29, 0.717) is 6.54 Å². The monoisotopic (exact) mass is 267 g/mol. The molecule has 3 nitrogen and oxygen atoms in total. The molecule has 0 aliphatic rings. The van der Waals surface area contributed by atoms with Crippen molar-refractivity contribution in [3.63, 3.8) is 0 Å². The molecule has 0 unspecified atom stereocenters. The summed E-state index contributed by atoms with van der Waals surface area (Å²) in [6, 6.07) is 4.03. The van der Waals surface area contributed by atoms with Crippen LogP contribution in [0.25, 0.3) is 10.9 Å². The number of nitrogens with zero attached hydrogens (tertiary/aromatic N) is 1. The van der Waals surface area contributed by atoms with Crippen molar-refractivity contribution in [3.05, 3.63) is 34.5 Å². The van der Waals surface area contributed by atoms with Gasteiger partial charge in [0.1, 0.15) is 0 Å². The van der Waals surface area contributed by atoms with Crippen LogP contribution < -0.4 is 0 Å². The standard InChI is InChI=1S/C14H18ClNO2/c1-10-7-12-11(3-2-5-17)9-16(4-6-18)14(12)8-13(10)15/h7-9,17-18H,2-6H2,1H3. The van der Waals surface area contributed by atoms with Crippen molar-refractivity contribution in [3.8, 4) is 0 Å². The van der Waals surface area contributed by atoms with Gasteiger partial charge >= 0.3 is 0 Å². The molecule has 2 aromatic rings. The molecule has 0 bridgehead atoms. The Hall–Kier alpha value is -1.03. The van der Waals surface area contributed by atoms with Gasteiger partial charge in [0, 0.05) is 35.3 Å². The van der Waals surface area contributed by atoms with Gasteiger partial charge in [0.25, 0.3) is 0 Å². The fraction of sp³-hybridized carbons (Fsp3) is 0.429. The Morgan fingerprint density at radius 1 is 1.22 bits per heavy atom. The average Bonchev–Trinajstić information content (AvgIpc) is 2.66. The number of hydrogen-bond donors (Lipinski definition) is 2. The molecule has 2 rings (SSSR count). The highest BCUT2D eigenvalue weighted by atomic mass is 35.5. The molecule has 4 heteroatoms. The minimum atomic E-state index is 0.106. The SMILES string of the molecule is Cc1cc2c(CCCO)cn(CCO)c2cc1Cl. The Morgan fingerprint density at radius 2 is 2.00 bits per heavy atom. The Bertz CT molecular complexity index is 548. The molecular weight excluding hydrogens is 250 g/mol. The van der Waals surface area contributed by atoms with Crippen molar-refractivity contribution in [2.24, 2.45) is 0 Å². The number of fused-ring (bicyclic) bond motifs is 1. The van der Waals surface area contributed by atoms with Crippen LogP contribution in [0.3, 0.4) is 0 Å². The quantitative estimate of drug-likeness (QED) is 0.874. The van der Waals surface area contributed by atoms with Crippen molar-refractivity contribution >= 4 is 22.5 Å². The van der Waals surface area contributed by atoms with E-state index in [1.54, 1.807) is 0 Å². The maximum absolute atomic E-state index is 9.09. The van der Waals surface area contributed by atoms with Crippen molar-refractivity contribution in [1.29, 1.82) is 0 Å². The predicted octanol–water partition coefficient (Wildman–Crippen LogP) is 2.52. The maximum atomic E-state index is 9.09. The number of aryl methyl sites for hydroxylation is 2. The first-order valence-electron chi connectivity index (χ1n) is 6.17. The lowest BCUT2D eigenvalue weighted by atomic mass is 10.1. The van der Waals surface area contributed by atoms with Gasteiger partial charge in [-0.15, -0.1) is 0 Å². The zero-order chi connectivity index (χ0) is 13.1. The van der Waals surface area contributed by atoms with Gasteiger partial charge in [-0.1, -0.05) is 11.6 Å². The number of aromatic nitrogens is 1. The van der Waals surface area contributed by atoms with Crippen LogP contribution >= 0.6 is 11.6 Å². The molecule has 1 heterocycles. The summed E-state index contributed by atoms with van der Waals surface area (Å²) in [5, 5.41) is 19.9. The van der Waals surface area contributed by atoms with Gasteiger partial charge < -0.3 is 14.8 Å². The van der Waals surface area contributed by atoms with Gasteiger partial charge in [0.05, 0.1) is 6.61 Å². The molecule has 0 radical (unpaired) electrons. The second kappa shape index (κ2) is 5.74. The lowest BCUT2D eigenvalue weighted by molar-refractivity contribution is 0.277. The van der Waals surface area contributed by atoms with E-state index < -0.39 is 0 Å². The van der Waals surface area contributed by atoms with Crippen molar-refractivity contribution < 1.29 is 10.2 Å². The van der Waals surface area contributed by atoms with E-state index in [-0.39, 0.29) is 13.2 Å².